The molecule has 1 saturated carbocycles. The smallest absolute Gasteiger partial charge is 0.226 e. The Morgan fingerprint density at radius 3 is 2.88 bits per heavy atom. The maximum atomic E-state index is 5.76. The highest BCUT2D eigenvalue weighted by atomic mass is 32.2. The van der Waals surface area contributed by atoms with Gasteiger partial charge in [0, 0.05) is 34.3 Å². The average Bonchev–Trinajstić information content (AvgIpc) is 3.18. The predicted octanol–water partition coefficient (Wildman–Crippen LogP) is 3.59. The number of nitrogens with two attached hydrogens (primary N) is 1. The molecule has 2 aromatic rings. The summed E-state index contributed by atoms with van der Waals surface area (Å²) in [6.07, 6.45) is 7.37. The molecule has 0 bridgehead atoms. The van der Waals surface area contributed by atoms with Crippen LogP contribution in [-0.4, -0.2) is 22.6 Å². The number of aryl methyl sites for hydroxylation is 1. The molecule has 1 aliphatic heterocycles. The summed E-state index contributed by atoms with van der Waals surface area (Å²) in [5.74, 6) is 1.84. The fourth-order valence-corrected chi connectivity index (χ4v) is 4.87. The van der Waals surface area contributed by atoms with Crippen molar-refractivity contribution in [2.75, 3.05) is 11.4 Å². The molecule has 124 valence electrons. The second kappa shape index (κ2) is 5.74. The van der Waals surface area contributed by atoms with Gasteiger partial charge in [0.05, 0.1) is 5.69 Å². The van der Waals surface area contributed by atoms with Crippen molar-refractivity contribution in [2.45, 2.75) is 49.5 Å². The summed E-state index contributed by atoms with van der Waals surface area (Å²) >= 11 is 1.30. The molecule has 1 aromatic heterocycles. The molecule has 2 atom stereocenters. The molecule has 0 amide bonds. The third-order valence-corrected chi connectivity index (χ3v) is 6.47. The van der Waals surface area contributed by atoms with Gasteiger partial charge in [-0.2, -0.15) is 0 Å². The summed E-state index contributed by atoms with van der Waals surface area (Å²) < 4.78 is 0. The minimum Gasteiger partial charge on any atom is -0.338 e. The molecule has 2 aliphatic carbocycles. The number of benzene rings is 1. The maximum Gasteiger partial charge on any atom is 0.226 e. The molecular formula is C19H22N4S. The largest absolute Gasteiger partial charge is 0.338 e. The Morgan fingerprint density at radius 2 is 2.08 bits per heavy atom. The highest BCUT2D eigenvalue weighted by Gasteiger charge is 2.42. The van der Waals surface area contributed by atoms with Gasteiger partial charge in [0.25, 0.3) is 0 Å². The van der Waals surface area contributed by atoms with E-state index in [9.17, 15) is 0 Å². The van der Waals surface area contributed by atoms with Crippen molar-refractivity contribution in [2.24, 2.45) is 11.1 Å². The van der Waals surface area contributed by atoms with Crippen LogP contribution in [0.4, 0.5) is 5.95 Å². The Hall–Kier alpha value is -1.59. The van der Waals surface area contributed by atoms with Crippen molar-refractivity contribution >= 4 is 17.9 Å². The molecule has 2 heterocycles. The van der Waals surface area contributed by atoms with Crippen molar-refractivity contribution in [3.63, 3.8) is 0 Å². The second-order valence-electron chi connectivity index (χ2n) is 7.18. The fourth-order valence-electron chi connectivity index (χ4n) is 4.52. The predicted molar refractivity (Wildman–Crippen MR) is 98.0 cm³/mol. The van der Waals surface area contributed by atoms with Gasteiger partial charge in [-0.15, -0.1) is 0 Å². The monoisotopic (exact) mass is 338 g/mol. The highest BCUT2D eigenvalue weighted by molar-refractivity contribution is 7.97. The first-order chi connectivity index (χ1) is 11.8. The molecule has 3 aliphatic rings. The normalized spacial score (nSPS) is 24.6. The summed E-state index contributed by atoms with van der Waals surface area (Å²) in [6.45, 7) is 1.12. The number of aromatic nitrogens is 2. The highest BCUT2D eigenvalue weighted by Crippen LogP contribution is 2.42. The van der Waals surface area contributed by atoms with Gasteiger partial charge in [0.1, 0.15) is 0 Å². The average molecular weight is 338 g/mol. The molecule has 2 fully saturated rings. The number of hydrogen-bond donors (Lipinski definition) is 1. The molecule has 0 radical (unpaired) electrons. The van der Waals surface area contributed by atoms with Gasteiger partial charge < -0.3 is 4.90 Å². The van der Waals surface area contributed by atoms with E-state index in [1.54, 1.807) is 0 Å². The van der Waals surface area contributed by atoms with Gasteiger partial charge in [-0.1, -0.05) is 12.1 Å². The maximum absolute atomic E-state index is 5.76. The lowest BCUT2D eigenvalue weighted by Crippen LogP contribution is -2.40. The van der Waals surface area contributed by atoms with E-state index in [4.69, 9.17) is 15.1 Å². The van der Waals surface area contributed by atoms with Gasteiger partial charge >= 0.3 is 0 Å². The van der Waals surface area contributed by atoms with E-state index in [1.807, 2.05) is 0 Å². The quantitative estimate of drug-likeness (QED) is 0.867. The van der Waals surface area contributed by atoms with Gasteiger partial charge in [-0.25, -0.2) is 9.97 Å². The van der Waals surface area contributed by atoms with Crippen LogP contribution in [0.2, 0.25) is 0 Å². The number of rotatable bonds is 3. The van der Waals surface area contributed by atoms with Crippen molar-refractivity contribution in [3.8, 4) is 11.3 Å². The van der Waals surface area contributed by atoms with E-state index >= 15 is 0 Å². The zero-order chi connectivity index (χ0) is 16.1. The molecule has 4 nitrogen and oxygen atoms in total. The first-order valence-corrected chi connectivity index (χ1v) is 9.85. The van der Waals surface area contributed by atoms with E-state index in [0.29, 0.717) is 6.04 Å². The fraction of sp³-hybridized carbons (Fsp3) is 0.474. The van der Waals surface area contributed by atoms with Crippen LogP contribution >= 0.6 is 11.9 Å². The molecular weight excluding hydrogens is 316 g/mol. The third kappa shape index (κ3) is 2.25. The number of nitrogens with zero attached hydrogens (tertiary/aromatic N) is 3. The molecule has 1 aromatic carbocycles. The van der Waals surface area contributed by atoms with E-state index in [1.165, 1.54) is 54.5 Å². The summed E-state index contributed by atoms with van der Waals surface area (Å²) in [5, 5.41) is 5.76. The van der Waals surface area contributed by atoms with Crippen molar-refractivity contribution in [3.05, 3.63) is 35.5 Å². The zero-order valence-corrected chi connectivity index (χ0v) is 14.6. The van der Waals surface area contributed by atoms with Crippen LogP contribution < -0.4 is 10.0 Å². The van der Waals surface area contributed by atoms with Crippen LogP contribution in [0.3, 0.4) is 0 Å². The summed E-state index contributed by atoms with van der Waals surface area (Å²) in [4.78, 5) is 13.6. The lowest BCUT2D eigenvalue weighted by Gasteiger charge is -2.36. The van der Waals surface area contributed by atoms with Crippen molar-refractivity contribution < 1.29 is 0 Å². The van der Waals surface area contributed by atoms with Crippen LogP contribution in [0, 0.1) is 5.92 Å². The molecule has 1 saturated heterocycles. The van der Waals surface area contributed by atoms with Gasteiger partial charge in [-0.3, -0.25) is 5.14 Å². The Kier molecular flexibility index (Phi) is 3.52. The van der Waals surface area contributed by atoms with Crippen LogP contribution in [-0.2, 0) is 12.8 Å². The first-order valence-electron chi connectivity index (χ1n) is 8.97. The van der Waals surface area contributed by atoms with E-state index in [2.05, 4.69) is 29.2 Å². The van der Waals surface area contributed by atoms with Crippen LogP contribution in [0.5, 0.6) is 0 Å². The Bertz CT molecular complexity index is 791. The molecule has 2 unspecified atom stereocenters. The van der Waals surface area contributed by atoms with Gasteiger partial charge in [0.2, 0.25) is 5.95 Å². The van der Waals surface area contributed by atoms with Crippen LogP contribution in [0.1, 0.15) is 36.9 Å². The Balaban J connectivity index is 1.61. The number of hydrogen-bond acceptors (Lipinski definition) is 5. The molecule has 5 heteroatoms. The molecule has 2 N–H and O–H groups in total. The lowest BCUT2D eigenvalue weighted by atomic mass is 9.80. The lowest BCUT2D eigenvalue weighted by molar-refractivity contribution is 0.293. The van der Waals surface area contributed by atoms with E-state index < -0.39 is 0 Å². The summed E-state index contributed by atoms with van der Waals surface area (Å²) in [7, 11) is 0. The molecule has 5 rings (SSSR count). The van der Waals surface area contributed by atoms with Crippen LogP contribution in [0.15, 0.2) is 29.2 Å². The standard InChI is InChI=1S/C19H22N4S/c20-24-14-4-1-3-13(11-14)18-15-5-2-6-16(15)21-19(22-18)23-10-9-12-7-8-17(12)23/h1,3-4,11-12,17H,2,5-10,20H2. The summed E-state index contributed by atoms with van der Waals surface area (Å²) in [6, 6.07) is 9.12. The Labute approximate surface area is 147 Å². The minimum atomic E-state index is 0.684. The molecule has 0 spiro atoms. The second-order valence-corrected chi connectivity index (χ2v) is 7.89. The zero-order valence-electron chi connectivity index (χ0n) is 13.7. The van der Waals surface area contributed by atoms with E-state index in [-0.39, 0.29) is 0 Å². The third-order valence-electron chi connectivity index (χ3n) is 5.94. The Morgan fingerprint density at radius 1 is 1.12 bits per heavy atom. The summed E-state index contributed by atoms with van der Waals surface area (Å²) in [5.41, 5.74) is 4.92. The number of fused-ring (bicyclic) bond motifs is 2. The van der Waals surface area contributed by atoms with Crippen molar-refractivity contribution in [1.29, 1.82) is 0 Å². The van der Waals surface area contributed by atoms with Gasteiger partial charge in [0.15, 0.2) is 0 Å². The van der Waals surface area contributed by atoms with E-state index in [0.717, 1.165) is 41.8 Å². The molecule has 24 heavy (non-hydrogen) atoms. The topological polar surface area (TPSA) is 55.0 Å². The number of anilines is 1. The van der Waals surface area contributed by atoms with Crippen molar-refractivity contribution in [1.82, 2.24) is 9.97 Å². The van der Waals surface area contributed by atoms with Crippen LogP contribution in [0.25, 0.3) is 11.3 Å². The first kappa shape index (κ1) is 14.7. The SMILES string of the molecule is NSc1cccc(-c2nc(N3CCC4CCC43)nc3c2CCC3)c1. The minimum absolute atomic E-state index is 0.684. The van der Waals surface area contributed by atoms with Gasteiger partial charge in [-0.05, 0) is 68.5 Å².